The molecule has 0 amide bonds. The number of ether oxygens (including phenoxy) is 1. The molecule has 160 valence electrons. The molecule has 0 aliphatic heterocycles. The molecule has 0 saturated carbocycles. The van der Waals surface area contributed by atoms with Gasteiger partial charge in [0.05, 0.1) is 9.79 Å². The highest BCUT2D eigenvalue weighted by Gasteiger charge is 2.25. The minimum atomic E-state index is -3.77. The number of hydrogen-bond donors (Lipinski definition) is 2. The maximum absolute atomic E-state index is 12.6. The van der Waals surface area contributed by atoms with E-state index in [9.17, 15) is 16.8 Å². The normalized spacial score (nSPS) is 13.3. The summed E-state index contributed by atoms with van der Waals surface area (Å²) in [4.78, 5) is 0.148. The van der Waals surface area contributed by atoms with Crippen molar-refractivity contribution in [2.75, 3.05) is 6.54 Å². The van der Waals surface area contributed by atoms with Crippen molar-refractivity contribution < 1.29 is 21.6 Å². The number of rotatable bonds is 7. The molecule has 0 aliphatic carbocycles. The molecule has 7 nitrogen and oxygen atoms in total. The lowest BCUT2D eigenvalue weighted by Crippen LogP contribution is -2.36. The highest BCUT2D eigenvalue weighted by molar-refractivity contribution is 7.89. The summed E-state index contributed by atoms with van der Waals surface area (Å²) in [5.41, 5.74) is -0.165. The molecular formula is C20H28N2O5S2. The summed E-state index contributed by atoms with van der Waals surface area (Å²) in [7, 11) is -7.49. The maximum atomic E-state index is 12.6. The van der Waals surface area contributed by atoms with Crippen LogP contribution in [0.1, 0.15) is 40.2 Å². The van der Waals surface area contributed by atoms with E-state index in [1.54, 1.807) is 24.3 Å². The van der Waals surface area contributed by atoms with E-state index in [1.165, 1.54) is 24.3 Å². The highest BCUT2D eigenvalue weighted by Crippen LogP contribution is 2.25. The van der Waals surface area contributed by atoms with Crippen LogP contribution in [0.3, 0.4) is 0 Å². The molecular weight excluding hydrogens is 412 g/mol. The van der Waals surface area contributed by atoms with Gasteiger partial charge in [0.2, 0.25) is 20.0 Å². The molecule has 2 rings (SSSR count). The zero-order valence-electron chi connectivity index (χ0n) is 17.3. The Balaban J connectivity index is 2.12. The molecule has 0 atom stereocenters. The lowest BCUT2D eigenvalue weighted by atomic mass is 9.85. The third-order valence-electron chi connectivity index (χ3n) is 4.23. The van der Waals surface area contributed by atoms with Crippen LogP contribution in [0.5, 0.6) is 5.75 Å². The molecule has 0 spiro atoms. The minimum absolute atomic E-state index is 0.00944. The standard InChI is InChI=1S/C20H28N2O5S2/c1-19(2,3)27-16-8-12-18(13-9-16)29(25,26)22-14-20(4,5)15-6-10-17(11-7-15)28(21,23)24/h6-13,22H,14H2,1-5H3,(H2,21,23,24). The van der Waals surface area contributed by atoms with Crippen LogP contribution in [0.4, 0.5) is 0 Å². The average molecular weight is 441 g/mol. The molecule has 2 aromatic carbocycles. The number of primary sulfonamides is 1. The Labute approximate surface area is 173 Å². The number of nitrogens with two attached hydrogens (primary N) is 1. The molecule has 9 heteroatoms. The van der Waals surface area contributed by atoms with Crippen LogP contribution in [0.2, 0.25) is 0 Å². The van der Waals surface area contributed by atoms with Crippen molar-refractivity contribution in [3.8, 4) is 5.75 Å². The number of nitrogens with one attached hydrogen (secondary N) is 1. The Kier molecular flexibility index (Phi) is 6.49. The maximum Gasteiger partial charge on any atom is 0.240 e. The van der Waals surface area contributed by atoms with Crippen molar-refractivity contribution in [1.82, 2.24) is 4.72 Å². The second-order valence-electron chi connectivity index (χ2n) is 8.46. The lowest BCUT2D eigenvalue weighted by Gasteiger charge is -2.26. The molecule has 0 aromatic heterocycles. The fraction of sp³-hybridized carbons (Fsp3) is 0.400. The molecule has 0 heterocycles. The van der Waals surface area contributed by atoms with Crippen molar-refractivity contribution >= 4 is 20.0 Å². The minimum Gasteiger partial charge on any atom is -0.488 e. The SMILES string of the molecule is CC(C)(C)Oc1ccc(S(=O)(=O)NCC(C)(C)c2ccc(S(N)(=O)=O)cc2)cc1. The van der Waals surface area contributed by atoms with Gasteiger partial charge in [-0.05, 0) is 62.7 Å². The predicted molar refractivity (Wildman–Crippen MR) is 113 cm³/mol. The summed E-state index contributed by atoms with van der Waals surface area (Å²) in [6, 6.07) is 12.3. The molecule has 0 bridgehead atoms. The Morgan fingerprint density at radius 3 is 1.76 bits per heavy atom. The van der Waals surface area contributed by atoms with Gasteiger partial charge in [-0.2, -0.15) is 0 Å². The molecule has 2 aromatic rings. The van der Waals surface area contributed by atoms with Crippen molar-refractivity contribution in [2.45, 2.75) is 55.4 Å². The first-order chi connectivity index (χ1) is 13.1. The van der Waals surface area contributed by atoms with Gasteiger partial charge in [-0.3, -0.25) is 0 Å². The van der Waals surface area contributed by atoms with E-state index in [-0.39, 0.29) is 21.9 Å². The Morgan fingerprint density at radius 1 is 0.828 bits per heavy atom. The van der Waals surface area contributed by atoms with Crippen LogP contribution in [0.15, 0.2) is 58.3 Å². The van der Waals surface area contributed by atoms with E-state index in [0.717, 1.165) is 5.56 Å². The van der Waals surface area contributed by atoms with Crippen molar-refractivity contribution in [2.24, 2.45) is 5.14 Å². The van der Waals surface area contributed by atoms with E-state index in [2.05, 4.69) is 4.72 Å². The fourth-order valence-corrected chi connectivity index (χ4v) is 4.32. The third kappa shape index (κ3) is 6.53. The summed E-state index contributed by atoms with van der Waals surface area (Å²) >= 11 is 0. The first-order valence-corrected chi connectivity index (χ1v) is 12.1. The zero-order valence-corrected chi connectivity index (χ0v) is 18.9. The molecule has 0 radical (unpaired) electrons. The second-order valence-corrected chi connectivity index (χ2v) is 11.8. The zero-order chi connectivity index (χ0) is 22.1. The van der Waals surface area contributed by atoms with Gasteiger partial charge in [-0.1, -0.05) is 26.0 Å². The van der Waals surface area contributed by atoms with Gasteiger partial charge in [0.1, 0.15) is 11.4 Å². The first kappa shape index (κ1) is 23.3. The predicted octanol–water partition coefficient (Wildman–Crippen LogP) is 2.77. The van der Waals surface area contributed by atoms with Crippen LogP contribution in [0, 0.1) is 0 Å². The topological polar surface area (TPSA) is 116 Å². The van der Waals surface area contributed by atoms with Gasteiger partial charge in [0, 0.05) is 12.0 Å². The first-order valence-electron chi connectivity index (χ1n) is 9.02. The average Bonchev–Trinajstić information content (AvgIpc) is 2.59. The number of benzene rings is 2. The highest BCUT2D eigenvalue weighted by atomic mass is 32.2. The monoisotopic (exact) mass is 440 g/mol. The fourth-order valence-electron chi connectivity index (χ4n) is 2.60. The third-order valence-corrected chi connectivity index (χ3v) is 6.57. The summed E-state index contributed by atoms with van der Waals surface area (Å²) in [5.74, 6) is 0.590. The Bertz CT molecular complexity index is 1050. The van der Waals surface area contributed by atoms with Gasteiger partial charge in [0.15, 0.2) is 0 Å². The molecule has 0 unspecified atom stereocenters. The van der Waals surface area contributed by atoms with Gasteiger partial charge >= 0.3 is 0 Å². The van der Waals surface area contributed by atoms with Gasteiger partial charge in [0.25, 0.3) is 0 Å². The molecule has 3 N–H and O–H groups in total. The summed E-state index contributed by atoms with van der Waals surface area (Å²) in [6.07, 6.45) is 0. The Hall–Kier alpha value is -1.94. The van der Waals surface area contributed by atoms with Crippen LogP contribution >= 0.6 is 0 Å². The molecule has 0 fully saturated rings. The summed E-state index contributed by atoms with van der Waals surface area (Å²) in [5, 5.41) is 5.11. The van der Waals surface area contributed by atoms with Crippen molar-refractivity contribution in [3.05, 3.63) is 54.1 Å². The van der Waals surface area contributed by atoms with Crippen molar-refractivity contribution in [3.63, 3.8) is 0 Å². The molecule has 0 saturated heterocycles. The van der Waals surface area contributed by atoms with Crippen LogP contribution in [-0.4, -0.2) is 29.0 Å². The van der Waals surface area contributed by atoms with Crippen LogP contribution < -0.4 is 14.6 Å². The van der Waals surface area contributed by atoms with Crippen molar-refractivity contribution in [1.29, 1.82) is 0 Å². The quantitative estimate of drug-likeness (QED) is 0.687. The van der Waals surface area contributed by atoms with Gasteiger partial charge in [-0.25, -0.2) is 26.7 Å². The van der Waals surface area contributed by atoms with E-state index in [4.69, 9.17) is 9.88 Å². The number of sulfonamides is 2. The van der Waals surface area contributed by atoms with Crippen LogP contribution in [0.25, 0.3) is 0 Å². The smallest absolute Gasteiger partial charge is 0.240 e. The lowest BCUT2D eigenvalue weighted by molar-refractivity contribution is 0.131. The second kappa shape index (κ2) is 8.06. The molecule has 29 heavy (non-hydrogen) atoms. The van der Waals surface area contributed by atoms with Gasteiger partial charge < -0.3 is 4.74 Å². The summed E-state index contributed by atoms with van der Waals surface area (Å²) < 4.78 is 56.4. The number of hydrogen-bond acceptors (Lipinski definition) is 5. The molecule has 0 aliphatic rings. The van der Waals surface area contributed by atoms with E-state index >= 15 is 0 Å². The van der Waals surface area contributed by atoms with Gasteiger partial charge in [-0.15, -0.1) is 0 Å². The van der Waals surface area contributed by atoms with E-state index in [1.807, 2.05) is 34.6 Å². The van der Waals surface area contributed by atoms with E-state index < -0.39 is 25.5 Å². The van der Waals surface area contributed by atoms with Crippen LogP contribution in [-0.2, 0) is 25.5 Å². The van der Waals surface area contributed by atoms with E-state index in [0.29, 0.717) is 5.75 Å². The Morgan fingerprint density at radius 2 is 1.31 bits per heavy atom. The summed E-state index contributed by atoms with van der Waals surface area (Å²) in [6.45, 7) is 9.60. The largest absolute Gasteiger partial charge is 0.488 e.